The Morgan fingerprint density at radius 2 is 1.73 bits per heavy atom. The molecule has 3 saturated heterocycles. The maximum atomic E-state index is 12.9. The molecule has 3 aliphatic heterocycles. The largest absolute Gasteiger partial charge is 0.465 e. The Kier molecular flexibility index (Phi) is 4.38. The number of carbonyl (C=O) groups excluding carboxylic acids is 1. The lowest BCUT2D eigenvalue weighted by Gasteiger charge is -2.30. The Bertz CT molecular complexity index is 806. The fraction of sp³-hybridized carbons (Fsp3) is 0.368. The maximum absolute atomic E-state index is 12.9. The maximum Gasteiger partial charge on any atom is 0.409 e. The molecule has 2 N–H and O–H groups in total. The molecular formula is C19H21N3O4. The molecule has 136 valence electrons. The monoisotopic (exact) mass is 355 g/mol. The van der Waals surface area contributed by atoms with Crippen molar-refractivity contribution in [2.75, 3.05) is 31.5 Å². The van der Waals surface area contributed by atoms with Gasteiger partial charge in [0.1, 0.15) is 5.76 Å². The summed E-state index contributed by atoms with van der Waals surface area (Å²) in [7, 11) is 0. The van der Waals surface area contributed by atoms with Crippen LogP contribution in [0.4, 0.5) is 10.5 Å². The molecule has 5 rings (SSSR count). The summed E-state index contributed by atoms with van der Waals surface area (Å²) in [4.78, 5) is 27.9. The van der Waals surface area contributed by atoms with Gasteiger partial charge < -0.3 is 19.3 Å². The van der Waals surface area contributed by atoms with Crippen LogP contribution in [0, 0.1) is 0 Å². The Labute approximate surface area is 151 Å². The van der Waals surface area contributed by atoms with Crippen molar-refractivity contribution in [3.8, 4) is 11.3 Å². The summed E-state index contributed by atoms with van der Waals surface area (Å²) < 4.78 is 5.81. The van der Waals surface area contributed by atoms with E-state index in [1.54, 1.807) is 36.4 Å². The molecule has 3 fully saturated rings. The van der Waals surface area contributed by atoms with Crippen LogP contribution >= 0.6 is 0 Å². The minimum atomic E-state index is -1.11. The summed E-state index contributed by atoms with van der Waals surface area (Å²) in [5.41, 5.74) is 1.28. The second-order valence-electron chi connectivity index (χ2n) is 6.74. The Balaban J connectivity index is 1.50. The fourth-order valence-electron chi connectivity index (χ4n) is 3.74. The van der Waals surface area contributed by atoms with Crippen LogP contribution in [0.3, 0.4) is 0 Å². The van der Waals surface area contributed by atoms with Gasteiger partial charge in [-0.3, -0.25) is 10.1 Å². The molecule has 0 aliphatic carbocycles. The molecule has 3 aliphatic rings. The van der Waals surface area contributed by atoms with E-state index in [9.17, 15) is 9.59 Å². The topological polar surface area (TPSA) is 86.0 Å². The number of nitrogens with zero attached hydrogens (tertiary/aromatic N) is 2. The molecule has 2 bridgehead atoms. The van der Waals surface area contributed by atoms with Gasteiger partial charge in [-0.15, -0.1) is 0 Å². The minimum absolute atomic E-state index is 0.0471. The lowest BCUT2D eigenvalue weighted by Crippen LogP contribution is -2.41. The van der Waals surface area contributed by atoms with Crippen LogP contribution in [0.25, 0.3) is 11.3 Å². The number of benzene rings is 1. The number of furan rings is 1. The van der Waals surface area contributed by atoms with Gasteiger partial charge in [-0.05, 0) is 49.2 Å². The quantitative estimate of drug-likeness (QED) is 0.884. The molecule has 26 heavy (non-hydrogen) atoms. The van der Waals surface area contributed by atoms with Crippen LogP contribution in [0.2, 0.25) is 0 Å². The minimum Gasteiger partial charge on any atom is -0.465 e. The molecule has 0 spiro atoms. The van der Waals surface area contributed by atoms with Crippen molar-refractivity contribution < 1.29 is 19.1 Å². The van der Waals surface area contributed by atoms with E-state index >= 15 is 0 Å². The van der Waals surface area contributed by atoms with E-state index in [1.165, 1.54) is 0 Å². The zero-order valence-corrected chi connectivity index (χ0v) is 14.4. The number of amides is 2. The number of carboxylic acid groups (broad SMARTS) is 1. The molecule has 0 radical (unpaired) electrons. The molecule has 7 heteroatoms. The molecule has 1 aromatic heterocycles. The first-order valence-electron chi connectivity index (χ1n) is 8.84. The zero-order valence-electron chi connectivity index (χ0n) is 14.4. The normalized spacial score (nSPS) is 22.1. The third-order valence-electron chi connectivity index (χ3n) is 5.15. The summed E-state index contributed by atoms with van der Waals surface area (Å²) in [6.45, 7) is 3.80. The fourth-order valence-corrected chi connectivity index (χ4v) is 3.74. The Morgan fingerprint density at radius 3 is 2.42 bits per heavy atom. The van der Waals surface area contributed by atoms with Gasteiger partial charge in [0.15, 0.2) is 5.76 Å². The van der Waals surface area contributed by atoms with E-state index in [-0.39, 0.29) is 5.91 Å². The van der Waals surface area contributed by atoms with E-state index < -0.39 is 6.09 Å². The van der Waals surface area contributed by atoms with E-state index in [4.69, 9.17) is 9.52 Å². The van der Waals surface area contributed by atoms with Gasteiger partial charge in [0.25, 0.3) is 5.91 Å². The van der Waals surface area contributed by atoms with E-state index in [2.05, 4.69) is 10.2 Å². The molecule has 0 atom stereocenters. The zero-order chi connectivity index (χ0) is 18.1. The summed E-state index contributed by atoms with van der Waals surface area (Å²) in [6, 6.07) is 10.7. The van der Waals surface area contributed by atoms with Crippen LogP contribution in [0.15, 0.2) is 40.8 Å². The second-order valence-corrected chi connectivity index (χ2v) is 6.74. The first-order valence-corrected chi connectivity index (χ1v) is 8.84. The van der Waals surface area contributed by atoms with E-state index in [0.29, 0.717) is 23.2 Å². The smallest absolute Gasteiger partial charge is 0.409 e. The van der Waals surface area contributed by atoms with Gasteiger partial charge in [0, 0.05) is 43.5 Å². The summed E-state index contributed by atoms with van der Waals surface area (Å²) >= 11 is 0. The van der Waals surface area contributed by atoms with Crippen molar-refractivity contribution in [3.05, 3.63) is 42.2 Å². The van der Waals surface area contributed by atoms with Crippen molar-refractivity contribution >= 4 is 17.7 Å². The average molecular weight is 355 g/mol. The number of hydrogen-bond donors (Lipinski definition) is 2. The lowest BCUT2D eigenvalue weighted by molar-refractivity contribution is 0.0653. The highest BCUT2D eigenvalue weighted by molar-refractivity contribution is 5.92. The number of carbonyl (C=O) groups is 2. The highest BCUT2D eigenvalue weighted by atomic mass is 16.4. The number of rotatable bonds is 3. The van der Waals surface area contributed by atoms with Crippen molar-refractivity contribution in [2.24, 2.45) is 0 Å². The molecule has 2 aromatic rings. The second kappa shape index (κ2) is 6.84. The third-order valence-corrected chi connectivity index (χ3v) is 5.15. The van der Waals surface area contributed by atoms with Crippen molar-refractivity contribution in [1.29, 1.82) is 0 Å². The third kappa shape index (κ3) is 3.30. The van der Waals surface area contributed by atoms with Crippen molar-refractivity contribution in [1.82, 2.24) is 9.80 Å². The number of anilines is 1. The van der Waals surface area contributed by atoms with Crippen molar-refractivity contribution in [2.45, 2.75) is 18.9 Å². The molecule has 1 aromatic carbocycles. The average Bonchev–Trinajstić information content (AvgIpc) is 2.94. The van der Waals surface area contributed by atoms with Gasteiger partial charge in [-0.25, -0.2) is 4.79 Å². The highest BCUT2D eigenvalue weighted by Gasteiger charge is 2.33. The molecule has 4 heterocycles. The highest BCUT2D eigenvalue weighted by Crippen LogP contribution is 2.27. The van der Waals surface area contributed by atoms with E-state index in [1.807, 2.05) is 4.90 Å². The van der Waals surface area contributed by atoms with Gasteiger partial charge >= 0.3 is 6.09 Å². The van der Waals surface area contributed by atoms with Crippen molar-refractivity contribution in [3.63, 3.8) is 0 Å². The summed E-state index contributed by atoms with van der Waals surface area (Å²) in [5, 5.41) is 11.0. The predicted octanol–water partition coefficient (Wildman–Crippen LogP) is 2.96. The molecular weight excluding hydrogens is 334 g/mol. The number of hydrogen-bond acceptors (Lipinski definition) is 4. The standard InChI is InChI=1S/C19H21N3O4/c23-18(22-12-11-21-9-7-15(22)8-10-21)17-6-5-16(26-17)13-1-3-14(4-2-13)20-19(24)25/h1-6,15,20H,7-12H2,(H,24,25). The van der Waals surface area contributed by atoms with Crippen LogP contribution in [-0.4, -0.2) is 59.1 Å². The van der Waals surface area contributed by atoms with Crippen LogP contribution in [0.5, 0.6) is 0 Å². The van der Waals surface area contributed by atoms with Gasteiger partial charge in [0.05, 0.1) is 0 Å². The molecule has 7 nitrogen and oxygen atoms in total. The number of fused-ring (bicyclic) bond motifs is 4. The number of nitrogens with one attached hydrogen (secondary N) is 1. The summed E-state index contributed by atoms with van der Waals surface area (Å²) in [6.07, 6.45) is 0.945. The van der Waals surface area contributed by atoms with Crippen LogP contribution in [-0.2, 0) is 0 Å². The Morgan fingerprint density at radius 1 is 1.00 bits per heavy atom. The van der Waals surface area contributed by atoms with Gasteiger partial charge in [0.2, 0.25) is 0 Å². The predicted molar refractivity (Wildman–Crippen MR) is 96.3 cm³/mol. The number of piperidine rings is 1. The van der Waals surface area contributed by atoms with Crippen LogP contribution in [0.1, 0.15) is 23.4 Å². The molecule has 0 saturated carbocycles. The molecule has 0 unspecified atom stereocenters. The molecule has 2 amide bonds. The summed E-state index contributed by atoms with van der Waals surface area (Å²) in [5.74, 6) is 0.903. The SMILES string of the molecule is O=C(O)Nc1ccc(-c2ccc(C(=O)N3CCN4CCC3CC4)o2)cc1. The van der Waals surface area contributed by atoms with Gasteiger partial charge in [-0.1, -0.05) is 0 Å². The van der Waals surface area contributed by atoms with Crippen LogP contribution < -0.4 is 5.32 Å². The van der Waals surface area contributed by atoms with Gasteiger partial charge in [-0.2, -0.15) is 0 Å². The lowest BCUT2D eigenvalue weighted by atomic mass is 10.1. The Hall–Kier alpha value is -2.80. The first-order chi connectivity index (χ1) is 12.6. The first kappa shape index (κ1) is 16.7. The van der Waals surface area contributed by atoms with E-state index in [0.717, 1.165) is 44.6 Å².